The summed E-state index contributed by atoms with van der Waals surface area (Å²) >= 11 is 1.29. The first-order valence-electron chi connectivity index (χ1n) is 9.04. The van der Waals surface area contributed by atoms with E-state index >= 15 is 0 Å². The van der Waals surface area contributed by atoms with Crippen LogP contribution in [0, 0.1) is 17.6 Å². The summed E-state index contributed by atoms with van der Waals surface area (Å²) in [7, 11) is 0. The summed E-state index contributed by atoms with van der Waals surface area (Å²) in [6, 6.07) is 10.9. The second-order valence-electron chi connectivity index (χ2n) is 6.86. The van der Waals surface area contributed by atoms with Gasteiger partial charge in [0.25, 0.3) is 0 Å². The molecule has 0 bridgehead atoms. The van der Waals surface area contributed by atoms with Crippen molar-refractivity contribution in [1.29, 1.82) is 0 Å². The average Bonchev–Trinajstić information content (AvgIpc) is 3.08. The minimum absolute atomic E-state index is 0.0515. The van der Waals surface area contributed by atoms with Crippen molar-refractivity contribution in [2.24, 2.45) is 16.8 Å². The van der Waals surface area contributed by atoms with Gasteiger partial charge in [-0.15, -0.1) is 0 Å². The Hall–Kier alpha value is -2.45. The van der Waals surface area contributed by atoms with Crippen molar-refractivity contribution < 1.29 is 13.6 Å². The Kier molecular flexibility index (Phi) is 4.84. The fourth-order valence-electron chi connectivity index (χ4n) is 3.92. The van der Waals surface area contributed by atoms with Crippen molar-refractivity contribution in [2.75, 3.05) is 18.4 Å². The molecule has 2 aliphatic heterocycles. The SMILES string of the molecule is CC(=O)N1N=C(c2cc(F)ccc2F)S[C@]12c1ccccc1NC[C@@H]2CCN. The molecule has 4 rings (SSSR count). The number of carbonyl (C=O) groups excluding carboxylic acids is 1. The molecule has 0 saturated heterocycles. The van der Waals surface area contributed by atoms with Crippen molar-refractivity contribution in [3.05, 3.63) is 65.2 Å². The number of nitrogens with one attached hydrogen (secondary N) is 1. The smallest absolute Gasteiger partial charge is 0.241 e. The van der Waals surface area contributed by atoms with Gasteiger partial charge in [0.1, 0.15) is 21.5 Å². The maximum Gasteiger partial charge on any atom is 0.241 e. The number of benzene rings is 2. The molecule has 1 spiro atoms. The van der Waals surface area contributed by atoms with Crippen LogP contribution >= 0.6 is 11.8 Å². The van der Waals surface area contributed by atoms with Gasteiger partial charge in [0.05, 0.1) is 0 Å². The van der Waals surface area contributed by atoms with E-state index in [0.717, 1.165) is 29.4 Å². The number of hydrogen-bond acceptors (Lipinski definition) is 5. The van der Waals surface area contributed by atoms with Crippen molar-refractivity contribution in [1.82, 2.24) is 5.01 Å². The van der Waals surface area contributed by atoms with Gasteiger partial charge in [0.15, 0.2) is 0 Å². The summed E-state index contributed by atoms with van der Waals surface area (Å²) in [4.78, 5) is 11.7. The number of thioether (sulfide) groups is 1. The molecule has 146 valence electrons. The lowest BCUT2D eigenvalue weighted by Gasteiger charge is -2.46. The lowest BCUT2D eigenvalue weighted by molar-refractivity contribution is -0.133. The molecule has 0 aliphatic carbocycles. The zero-order chi connectivity index (χ0) is 19.9. The van der Waals surface area contributed by atoms with Crippen LogP contribution in [0.4, 0.5) is 14.5 Å². The molecule has 0 radical (unpaired) electrons. The molecule has 0 aromatic heterocycles. The highest BCUT2D eigenvalue weighted by Crippen LogP contribution is 2.56. The first-order valence-corrected chi connectivity index (χ1v) is 9.86. The molecule has 5 nitrogen and oxygen atoms in total. The Balaban J connectivity index is 1.89. The maximum absolute atomic E-state index is 14.4. The number of hydrazone groups is 1. The van der Waals surface area contributed by atoms with Crippen LogP contribution in [0.3, 0.4) is 0 Å². The first kappa shape index (κ1) is 18.9. The monoisotopic (exact) mass is 402 g/mol. The van der Waals surface area contributed by atoms with E-state index in [-0.39, 0.29) is 22.4 Å². The molecule has 3 N–H and O–H groups in total. The van der Waals surface area contributed by atoms with E-state index in [1.807, 2.05) is 24.3 Å². The lowest BCUT2D eigenvalue weighted by Crippen LogP contribution is -2.51. The van der Waals surface area contributed by atoms with E-state index in [9.17, 15) is 13.6 Å². The fraction of sp³-hybridized carbons (Fsp3) is 0.300. The quantitative estimate of drug-likeness (QED) is 0.825. The molecule has 2 atom stereocenters. The molecule has 28 heavy (non-hydrogen) atoms. The summed E-state index contributed by atoms with van der Waals surface area (Å²) in [5.74, 6) is -1.46. The maximum atomic E-state index is 14.4. The zero-order valence-corrected chi connectivity index (χ0v) is 16.1. The molecule has 8 heteroatoms. The number of nitrogens with two attached hydrogens (primary N) is 1. The minimum atomic E-state index is -0.860. The molecule has 0 unspecified atom stereocenters. The third kappa shape index (κ3) is 2.87. The number of para-hydroxylation sites is 1. The number of anilines is 1. The molecule has 2 aliphatic rings. The van der Waals surface area contributed by atoms with Gasteiger partial charge in [0.2, 0.25) is 5.91 Å². The number of amides is 1. The summed E-state index contributed by atoms with van der Waals surface area (Å²) in [6.45, 7) is 2.46. The number of halogens is 2. The van der Waals surface area contributed by atoms with Crippen molar-refractivity contribution in [3.63, 3.8) is 0 Å². The number of carbonyl (C=O) groups is 1. The van der Waals surface area contributed by atoms with Gasteiger partial charge in [-0.3, -0.25) is 4.79 Å². The van der Waals surface area contributed by atoms with E-state index in [2.05, 4.69) is 10.4 Å². The van der Waals surface area contributed by atoms with Crippen molar-refractivity contribution in [3.8, 4) is 0 Å². The van der Waals surface area contributed by atoms with E-state index in [1.54, 1.807) is 0 Å². The second kappa shape index (κ2) is 7.18. The normalized spacial score (nSPS) is 23.4. The summed E-state index contributed by atoms with van der Waals surface area (Å²) in [5, 5.41) is 9.54. The molecule has 0 saturated carbocycles. The van der Waals surface area contributed by atoms with Gasteiger partial charge in [-0.05, 0) is 37.2 Å². The molecule has 2 aromatic carbocycles. The molecule has 1 amide bonds. The van der Waals surface area contributed by atoms with E-state index in [1.165, 1.54) is 23.7 Å². The van der Waals surface area contributed by atoms with Gasteiger partial charge in [-0.1, -0.05) is 30.0 Å². The van der Waals surface area contributed by atoms with E-state index in [4.69, 9.17) is 5.73 Å². The molecule has 2 aromatic rings. The molecular weight excluding hydrogens is 382 g/mol. The van der Waals surface area contributed by atoms with Gasteiger partial charge >= 0.3 is 0 Å². The minimum Gasteiger partial charge on any atom is -0.384 e. The van der Waals surface area contributed by atoms with Crippen LogP contribution in [0.2, 0.25) is 0 Å². The third-order valence-electron chi connectivity index (χ3n) is 5.14. The third-order valence-corrected chi connectivity index (χ3v) is 6.67. The Morgan fingerprint density at radius 1 is 1.36 bits per heavy atom. The fourth-order valence-corrected chi connectivity index (χ4v) is 5.51. The van der Waals surface area contributed by atoms with Crippen molar-refractivity contribution in [2.45, 2.75) is 18.2 Å². The van der Waals surface area contributed by atoms with Crippen LogP contribution in [0.5, 0.6) is 0 Å². The van der Waals surface area contributed by atoms with Crippen LogP contribution in [0.1, 0.15) is 24.5 Å². The predicted molar refractivity (Wildman–Crippen MR) is 107 cm³/mol. The summed E-state index contributed by atoms with van der Waals surface area (Å²) in [6.07, 6.45) is 0.645. The summed E-state index contributed by atoms with van der Waals surface area (Å²) in [5.41, 5.74) is 7.68. The van der Waals surface area contributed by atoms with Crippen LogP contribution in [-0.2, 0) is 9.67 Å². The van der Waals surface area contributed by atoms with Gasteiger partial charge in [0, 0.05) is 36.2 Å². The molecule has 0 fully saturated rings. The molecule has 2 heterocycles. The van der Waals surface area contributed by atoms with Crippen molar-refractivity contribution >= 4 is 28.4 Å². The van der Waals surface area contributed by atoms with Crippen LogP contribution in [0.25, 0.3) is 0 Å². The van der Waals surface area contributed by atoms with Gasteiger partial charge < -0.3 is 11.1 Å². The Morgan fingerprint density at radius 2 is 2.14 bits per heavy atom. The first-order chi connectivity index (χ1) is 13.5. The highest BCUT2D eigenvalue weighted by molar-refractivity contribution is 8.15. The number of rotatable bonds is 3. The van der Waals surface area contributed by atoms with Gasteiger partial charge in [-0.25, -0.2) is 13.8 Å². The van der Waals surface area contributed by atoms with E-state index < -0.39 is 16.5 Å². The zero-order valence-electron chi connectivity index (χ0n) is 15.3. The summed E-state index contributed by atoms with van der Waals surface area (Å²) < 4.78 is 28.2. The van der Waals surface area contributed by atoms with Gasteiger partial charge in [-0.2, -0.15) is 5.10 Å². The largest absolute Gasteiger partial charge is 0.384 e. The average molecular weight is 402 g/mol. The molecular formula is C20H20F2N4OS. The lowest BCUT2D eigenvalue weighted by atomic mass is 9.84. The van der Waals surface area contributed by atoms with E-state index in [0.29, 0.717) is 19.5 Å². The van der Waals surface area contributed by atoms with Crippen LogP contribution < -0.4 is 11.1 Å². The standard InChI is InChI=1S/C20H20F2N4OS/c1-12(27)26-20(28-19(25-26)15-10-14(21)6-7-17(15)22)13(8-9-23)11-24-18-5-3-2-4-16(18)20/h2-7,10,13,24H,8-9,11,23H2,1H3/t13-,20+/m0/s1. The Morgan fingerprint density at radius 3 is 2.89 bits per heavy atom. The predicted octanol–water partition coefficient (Wildman–Crippen LogP) is 3.47. The Bertz CT molecular complexity index is 967. The highest BCUT2D eigenvalue weighted by Gasteiger charge is 2.55. The number of nitrogens with zero attached hydrogens (tertiary/aromatic N) is 2. The highest BCUT2D eigenvalue weighted by atomic mass is 32.2. The Labute approximate surface area is 166 Å². The number of hydrogen-bond donors (Lipinski definition) is 2. The van der Waals surface area contributed by atoms with Crippen LogP contribution in [0.15, 0.2) is 47.6 Å². The number of fused-ring (bicyclic) bond motifs is 2. The van der Waals surface area contributed by atoms with Crippen LogP contribution in [-0.4, -0.2) is 29.0 Å². The topological polar surface area (TPSA) is 70.7 Å². The second-order valence-corrected chi connectivity index (χ2v) is 8.07.